The predicted octanol–water partition coefficient (Wildman–Crippen LogP) is 7.18. The lowest BCUT2D eigenvalue weighted by Gasteiger charge is -2.32. The molecule has 4 aromatic rings. The summed E-state index contributed by atoms with van der Waals surface area (Å²) in [5, 5.41) is 10.8. The smallest absolute Gasteiger partial charge is 0.413 e. The van der Waals surface area contributed by atoms with Gasteiger partial charge in [-0.1, -0.05) is 6.07 Å². The molecule has 0 atom stereocenters. The second-order valence-corrected chi connectivity index (χ2v) is 15.3. The van der Waals surface area contributed by atoms with Gasteiger partial charge in [0.1, 0.15) is 29.1 Å². The van der Waals surface area contributed by atoms with E-state index in [1.165, 1.54) is 42.8 Å². The van der Waals surface area contributed by atoms with Crippen LogP contribution in [0.2, 0.25) is 0 Å². The van der Waals surface area contributed by atoms with Gasteiger partial charge in [-0.15, -0.1) is 11.3 Å². The fourth-order valence-corrected chi connectivity index (χ4v) is 8.33. The summed E-state index contributed by atoms with van der Waals surface area (Å²) in [4.78, 5) is 24.4. The zero-order valence-electron chi connectivity index (χ0n) is 27.1. The van der Waals surface area contributed by atoms with Gasteiger partial charge in [0.05, 0.1) is 21.3 Å². The van der Waals surface area contributed by atoms with Gasteiger partial charge in [-0.05, 0) is 102 Å². The zero-order valence-corrected chi connectivity index (χ0v) is 28.7. The molecule has 0 saturated carbocycles. The van der Waals surface area contributed by atoms with Crippen molar-refractivity contribution < 1.29 is 36.2 Å². The normalized spacial score (nSPS) is 14.7. The number of hydrogen-bond donors (Lipinski definition) is 1. The Hall–Kier alpha value is -4.05. The van der Waals surface area contributed by atoms with E-state index >= 15 is 4.39 Å². The number of aromatic nitrogens is 2. The second-order valence-electron chi connectivity index (χ2n) is 12.5. The number of nitrogens with zero attached hydrogens (tertiary/aromatic N) is 5. The largest absolute Gasteiger partial charge is 0.465 e. The number of rotatable bonds is 9. The highest BCUT2D eigenvalue weighted by Crippen LogP contribution is 2.44. The molecule has 0 bridgehead atoms. The summed E-state index contributed by atoms with van der Waals surface area (Å²) < 4.78 is 78.5. The lowest BCUT2D eigenvalue weighted by Crippen LogP contribution is -2.45. The fourth-order valence-electron chi connectivity index (χ4n) is 5.63. The van der Waals surface area contributed by atoms with E-state index in [0.29, 0.717) is 26.9 Å². The summed E-state index contributed by atoms with van der Waals surface area (Å²) in [6.07, 6.45) is 1.92. The number of piperidine rings is 1. The Morgan fingerprint density at radius 1 is 1.10 bits per heavy atom. The average Bonchev–Trinajstić information content (AvgIpc) is 3.46. The lowest BCUT2D eigenvalue weighted by molar-refractivity contribution is 0.195. The minimum absolute atomic E-state index is 0.0433. The number of halogens is 3. The molecule has 48 heavy (non-hydrogen) atoms. The van der Waals surface area contributed by atoms with Crippen molar-refractivity contribution in [2.45, 2.75) is 50.0 Å². The van der Waals surface area contributed by atoms with E-state index in [2.05, 4.69) is 9.88 Å². The van der Waals surface area contributed by atoms with Gasteiger partial charge in [0.15, 0.2) is 5.82 Å². The summed E-state index contributed by atoms with van der Waals surface area (Å²) >= 11 is 1.35. The molecule has 0 radical (unpaired) electrons. The Morgan fingerprint density at radius 2 is 1.81 bits per heavy atom. The highest BCUT2D eigenvalue weighted by molar-refractivity contribution is 7.92. The second kappa shape index (κ2) is 13.8. The number of likely N-dealkylation sites (tertiary alicyclic amines) is 1. The third-order valence-electron chi connectivity index (χ3n) is 8.02. The van der Waals surface area contributed by atoms with Crippen LogP contribution in [0.5, 0.6) is 0 Å². The predicted molar refractivity (Wildman–Crippen MR) is 178 cm³/mol. The van der Waals surface area contributed by atoms with Gasteiger partial charge in [0.2, 0.25) is 0 Å². The van der Waals surface area contributed by atoms with Crippen LogP contribution in [0.25, 0.3) is 21.7 Å². The van der Waals surface area contributed by atoms with E-state index < -0.39 is 56.4 Å². The number of thiazole rings is 1. The minimum atomic E-state index is -4.85. The molecule has 3 heterocycles. The van der Waals surface area contributed by atoms with Crippen LogP contribution in [0.1, 0.15) is 44.5 Å². The van der Waals surface area contributed by atoms with Gasteiger partial charge in [-0.3, -0.25) is 4.90 Å². The Kier molecular flexibility index (Phi) is 10.2. The summed E-state index contributed by atoms with van der Waals surface area (Å²) in [6.45, 7) is 6.21. The minimum Gasteiger partial charge on any atom is -0.465 e. The average molecular weight is 704 g/mol. The van der Waals surface area contributed by atoms with Gasteiger partial charge in [-0.2, -0.15) is 0 Å². The molecule has 2 aromatic heterocycles. The first-order valence-electron chi connectivity index (χ1n) is 15.1. The molecule has 1 N–H and O–H groups in total. The molecule has 1 aliphatic heterocycles. The lowest BCUT2D eigenvalue weighted by atomic mass is 9.98. The molecule has 2 aromatic carbocycles. The van der Waals surface area contributed by atoms with Crippen LogP contribution < -0.4 is 9.21 Å². The van der Waals surface area contributed by atoms with Crippen LogP contribution >= 0.6 is 11.3 Å². The van der Waals surface area contributed by atoms with Crippen molar-refractivity contribution in [2.75, 3.05) is 43.2 Å². The van der Waals surface area contributed by atoms with E-state index in [9.17, 15) is 27.1 Å². The topological polar surface area (TPSA) is 116 Å². The van der Waals surface area contributed by atoms with Crippen LogP contribution in [0.3, 0.4) is 0 Å². The Balaban J connectivity index is 1.69. The van der Waals surface area contributed by atoms with Crippen molar-refractivity contribution in [3.05, 3.63) is 77.2 Å². The number of amides is 1. The Bertz CT molecular complexity index is 1920. The van der Waals surface area contributed by atoms with Crippen molar-refractivity contribution in [3.8, 4) is 21.7 Å². The molecule has 10 nitrogen and oxygen atoms in total. The number of hydrogen-bond acceptors (Lipinski definition) is 8. The van der Waals surface area contributed by atoms with Crippen molar-refractivity contribution in [1.29, 1.82) is 0 Å². The summed E-state index contributed by atoms with van der Waals surface area (Å²) in [7, 11) is -1.62. The molecule has 0 unspecified atom stereocenters. The fraction of sp³-hybridized carbons (Fsp3) is 0.364. The number of carbonyl (C=O) groups is 1. The van der Waals surface area contributed by atoms with Crippen LogP contribution in [0, 0.1) is 17.5 Å². The molecule has 256 valence electrons. The van der Waals surface area contributed by atoms with E-state index in [4.69, 9.17) is 9.72 Å². The highest BCUT2D eigenvalue weighted by atomic mass is 32.2. The van der Waals surface area contributed by atoms with Gasteiger partial charge in [0, 0.05) is 30.3 Å². The van der Waals surface area contributed by atoms with Crippen molar-refractivity contribution in [2.24, 2.45) is 0 Å². The van der Waals surface area contributed by atoms with Crippen LogP contribution in [-0.4, -0.2) is 74.0 Å². The van der Waals surface area contributed by atoms with Gasteiger partial charge < -0.3 is 14.7 Å². The van der Waals surface area contributed by atoms with E-state index in [0.717, 1.165) is 41.9 Å². The van der Waals surface area contributed by atoms with Crippen LogP contribution in [-0.2, 0) is 14.8 Å². The first-order chi connectivity index (χ1) is 22.6. The number of carboxylic acid groups (broad SMARTS) is 1. The number of benzene rings is 2. The van der Waals surface area contributed by atoms with Crippen molar-refractivity contribution >= 4 is 39.0 Å². The maximum atomic E-state index is 16.8. The van der Waals surface area contributed by atoms with Gasteiger partial charge in [0.25, 0.3) is 10.0 Å². The SMILES string of the molecule is COCN(c1cccc(-c2nc(C3CCN(C)CC3)sc2-c2ccnc(N(C(=O)O)C(C)(C)C)c2)c1F)S(=O)(=O)c1cc(F)ccc1F. The van der Waals surface area contributed by atoms with E-state index in [-0.39, 0.29) is 23.0 Å². The third-order valence-corrected chi connectivity index (χ3v) is 11.0. The summed E-state index contributed by atoms with van der Waals surface area (Å²) in [5.41, 5.74) is -0.577. The first-order valence-corrected chi connectivity index (χ1v) is 17.3. The Morgan fingerprint density at radius 3 is 2.46 bits per heavy atom. The molecule has 1 amide bonds. The number of ether oxygens (including phenoxy) is 1. The molecule has 1 aliphatic rings. The quantitative estimate of drug-likeness (QED) is 0.182. The number of sulfonamides is 1. The van der Waals surface area contributed by atoms with Gasteiger partial charge >= 0.3 is 6.09 Å². The number of anilines is 2. The summed E-state index contributed by atoms with van der Waals surface area (Å²) in [5.74, 6) is -2.93. The molecule has 0 spiro atoms. The maximum absolute atomic E-state index is 16.8. The number of pyridine rings is 1. The molecular formula is C33H36F3N5O5S2. The molecule has 1 saturated heterocycles. The van der Waals surface area contributed by atoms with E-state index in [1.54, 1.807) is 32.9 Å². The van der Waals surface area contributed by atoms with E-state index in [1.807, 2.05) is 7.05 Å². The molecular weight excluding hydrogens is 668 g/mol. The summed E-state index contributed by atoms with van der Waals surface area (Å²) in [6, 6.07) is 9.37. The van der Waals surface area contributed by atoms with Crippen molar-refractivity contribution in [3.63, 3.8) is 0 Å². The number of methoxy groups -OCH3 is 1. The maximum Gasteiger partial charge on any atom is 0.413 e. The molecule has 15 heteroatoms. The first kappa shape index (κ1) is 35.3. The molecule has 5 rings (SSSR count). The standard InChI is InChI=1S/C33H36F3N5O5S2/c1-33(2,3)41(32(42)43)27-17-21(11-14-37-27)30-29(38-31(47-30)20-12-15-39(4)16-13-20)23-7-6-8-25(28(23)36)40(19-46-5)48(44,45)26-18-22(34)9-10-24(26)35/h6-11,14,17-18,20H,12-13,15-16,19H2,1-5H3,(H,42,43). The van der Waals surface area contributed by atoms with Crippen LogP contribution in [0.4, 0.5) is 29.5 Å². The highest BCUT2D eigenvalue weighted by Gasteiger charge is 2.34. The Labute approximate surface area is 281 Å². The van der Waals surface area contributed by atoms with Crippen molar-refractivity contribution in [1.82, 2.24) is 14.9 Å². The third kappa shape index (κ3) is 7.04. The molecule has 0 aliphatic carbocycles. The zero-order chi connectivity index (χ0) is 35.0. The van der Waals surface area contributed by atoms with Crippen LogP contribution in [0.15, 0.2) is 59.6 Å². The monoisotopic (exact) mass is 703 g/mol. The van der Waals surface area contributed by atoms with Gasteiger partial charge in [-0.25, -0.2) is 40.7 Å². The molecule has 1 fully saturated rings.